The molecule has 0 aliphatic rings. The van der Waals surface area contributed by atoms with Crippen LogP contribution in [-0.2, 0) is 0 Å². The van der Waals surface area contributed by atoms with Crippen molar-refractivity contribution < 1.29 is 0 Å². The molecule has 0 bridgehead atoms. The summed E-state index contributed by atoms with van der Waals surface area (Å²) in [7, 11) is 0. The molecule has 0 saturated carbocycles. The van der Waals surface area contributed by atoms with Crippen molar-refractivity contribution in [2.24, 2.45) is 0 Å². The van der Waals surface area contributed by atoms with Gasteiger partial charge < -0.3 is 9.47 Å². The second kappa shape index (κ2) is 14.1. The van der Waals surface area contributed by atoms with Crippen LogP contribution in [0.1, 0.15) is 0 Å². The van der Waals surface area contributed by atoms with E-state index in [1.54, 1.807) is 0 Å². The maximum atomic E-state index is 2.37. The van der Waals surface area contributed by atoms with E-state index in [4.69, 9.17) is 0 Å². The summed E-state index contributed by atoms with van der Waals surface area (Å²) in [5, 5.41) is 7.54. The van der Waals surface area contributed by atoms with Crippen LogP contribution >= 0.6 is 0 Å². The summed E-state index contributed by atoms with van der Waals surface area (Å²) in [6.45, 7) is 0. The molecule has 2 nitrogen and oxygen atoms in total. The SMILES string of the molecule is c1ccc2cc(-c3ccc(-c4ccc(N(c5ccc(-c6ccc7ccccc7c6)cc5)c5ccc(-n6c7ccccc7c7ccccc76)cc5)cc4)cc3)ccc2c1. The fourth-order valence-electron chi connectivity index (χ4n) is 8.60. The Balaban J connectivity index is 0.950. The lowest BCUT2D eigenvalue weighted by Gasteiger charge is -2.26. The third-order valence-electron chi connectivity index (χ3n) is 11.6. The third-order valence-corrected chi connectivity index (χ3v) is 11.6. The van der Waals surface area contributed by atoms with Crippen molar-refractivity contribution in [1.82, 2.24) is 4.57 Å². The Hall–Kier alpha value is -7.68. The Kier molecular flexibility index (Phi) is 8.19. The topological polar surface area (TPSA) is 8.17 Å². The van der Waals surface area contributed by atoms with Crippen LogP contribution in [0.3, 0.4) is 0 Å². The summed E-state index contributed by atoms with van der Waals surface area (Å²) < 4.78 is 2.37. The average molecular weight is 739 g/mol. The number of hydrogen-bond acceptors (Lipinski definition) is 1. The summed E-state index contributed by atoms with van der Waals surface area (Å²) >= 11 is 0. The summed E-state index contributed by atoms with van der Waals surface area (Å²) in [5.41, 5.74) is 14.1. The van der Waals surface area contributed by atoms with E-state index in [1.165, 1.54) is 76.7 Å². The van der Waals surface area contributed by atoms with Crippen LogP contribution in [0.25, 0.3) is 82.4 Å². The molecule has 0 atom stereocenters. The first-order valence-electron chi connectivity index (χ1n) is 19.9. The summed E-state index contributed by atoms with van der Waals surface area (Å²) in [5.74, 6) is 0. The van der Waals surface area contributed by atoms with Crippen molar-refractivity contribution in [3.05, 3.63) is 231 Å². The molecule has 58 heavy (non-hydrogen) atoms. The molecule has 0 spiro atoms. The van der Waals surface area contributed by atoms with E-state index in [-0.39, 0.29) is 0 Å². The fraction of sp³-hybridized carbons (Fsp3) is 0. The Morgan fingerprint density at radius 3 is 1.03 bits per heavy atom. The van der Waals surface area contributed by atoms with Crippen LogP contribution in [0.4, 0.5) is 17.1 Å². The van der Waals surface area contributed by atoms with E-state index in [0.29, 0.717) is 0 Å². The molecule has 11 aromatic rings. The molecule has 1 heterocycles. The number of rotatable bonds is 7. The minimum Gasteiger partial charge on any atom is -0.311 e. The first-order chi connectivity index (χ1) is 28.7. The molecule has 0 N–H and O–H groups in total. The smallest absolute Gasteiger partial charge is 0.0541 e. The van der Waals surface area contributed by atoms with Gasteiger partial charge in [0.1, 0.15) is 0 Å². The summed E-state index contributed by atoms with van der Waals surface area (Å²) in [6, 6.07) is 83.7. The zero-order valence-corrected chi connectivity index (χ0v) is 31.8. The first kappa shape index (κ1) is 33.6. The van der Waals surface area contributed by atoms with Crippen LogP contribution in [0.5, 0.6) is 0 Å². The van der Waals surface area contributed by atoms with Gasteiger partial charge >= 0.3 is 0 Å². The van der Waals surface area contributed by atoms with E-state index in [9.17, 15) is 0 Å². The molecule has 0 aliphatic heterocycles. The molecule has 0 aliphatic carbocycles. The molecular formula is C56H38N2. The fourth-order valence-corrected chi connectivity index (χ4v) is 8.60. The lowest BCUT2D eigenvalue weighted by molar-refractivity contribution is 1.17. The second-order valence-corrected chi connectivity index (χ2v) is 15.0. The molecule has 0 unspecified atom stereocenters. The predicted octanol–water partition coefficient (Wildman–Crippen LogP) is 15.6. The van der Waals surface area contributed by atoms with Crippen molar-refractivity contribution >= 4 is 60.4 Å². The van der Waals surface area contributed by atoms with Gasteiger partial charge in [0.2, 0.25) is 0 Å². The van der Waals surface area contributed by atoms with Gasteiger partial charge in [-0.2, -0.15) is 0 Å². The molecule has 1 aromatic heterocycles. The van der Waals surface area contributed by atoms with Crippen LogP contribution in [0.2, 0.25) is 0 Å². The van der Waals surface area contributed by atoms with Crippen LogP contribution < -0.4 is 4.90 Å². The minimum absolute atomic E-state index is 1.09. The van der Waals surface area contributed by atoms with Crippen molar-refractivity contribution in [2.75, 3.05) is 4.90 Å². The molecule has 0 saturated heterocycles. The molecule has 272 valence electrons. The second-order valence-electron chi connectivity index (χ2n) is 15.0. The average Bonchev–Trinajstić information content (AvgIpc) is 3.64. The van der Waals surface area contributed by atoms with Gasteiger partial charge in [0.05, 0.1) is 11.0 Å². The van der Waals surface area contributed by atoms with Gasteiger partial charge in [-0.15, -0.1) is 0 Å². The van der Waals surface area contributed by atoms with Gasteiger partial charge in [0.25, 0.3) is 0 Å². The first-order valence-corrected chi connectivity index (χ1v) is 19.9. The highest BCUT2D eigenvalue weighted by Crippen LogP contribution is 2.39. The van der Waals surface area contributed by atoms with E-state index in [2.05, 4.69) is 240 Å². The number of aromatic nitrogens is 1. The zero-order chi connectivity index (χ0) is 38.4. The molecule has 0 fully saturated rings. The van der Waals surface area contributed by atoms with Crippen molar-refractivity contribution in [3.8, 4) is 39.1 Å². The Labute approximate surface area is 338 Å². The number of benzene rings is 10. The van der Waals surface area contributed by atoms with Crippen molar-refractivity contribution in [1.29, 1.82) is 0 Å². The van der Waals surface area contributed by atoms with E-state index < -0.39 is 0 Å². The van der Waals surface area contributed by atoms with E-state index in [0.717, 1.165) is 22.7 Å². The summed E-state index contributed by atoms with van der Waals surface area (Å²) in [4.78, 5) is 2.35. The highest BCUT2D eigenvalue weighted by atomic mass is 15.1. The summed E-state index contributed by atoms with van der Waals surface area (Å²) in [6.07, 6.45) is 0. The predicted molar refractivity (Wildman–Crippen MR) is 247 cm³/mol. The molecule has 11 rings (SSSR count). The quantitative estimate of drug-likeness (QED) is 0.158. The Bertz CT molecular complexity index is 3190. The lowest BCUT2D eigenvalue weighted by atomic mass is 9.98. The maximum Gasteiger partial charge on any atom is 0.0541 e. The van der Waals surface area contributed by atoms with Crippen molar-refractivity contribution in [3.63, 3.8) is 0 Å². The molecule has 10 aromatic carbocycles. The Morgan fingerprint density at radius 1 is 0.259 bits per heavy atom. The highest BCUT2D eigenvalue weighted by molar-refractivity contribution is 6.09. The molecule has 2 heteroatoms. The van der Waals surface area contributed by atoms with Crippen LogP contribution in [0, 0.1) is 0 Å². The molecular weight excluding hydrogens is 701 g/mol. The van der Waals surface area contributed by atoms with Gasteiger partial charge in [-0.25, -0.2) is 0 Å². The molecule has 0 radical (unpaired) electrons. The zero-order valence-electron chi connectivity index (χ0n) is 31.8. The number of fused-ring (bicyclic) bond motifs is 5. The van der Waals surface area contributed by atoms with Crippen LogP contribution in [0.15, 0.2) is 231 Å². The van der Waals surface area contributed by atoms with Gasteiger partial charge in [-0.1, -0.05) is 158 Å². The number of nitrogens with zero attached hydrogens (tertiary/aromatic N) is 2. The highest BCUT2D eigenvalue weighted by Gasteiger charge is 2.16. The third kappa shape index (κ3) is 6.00. The van der Waals surface area contributed by atoms with Crippen molar-refractivity contribution in [2.45, 2.75) is 0 Å². The molecule has 0 amide bonds. The normalized spacial score (nSPS) is 11.4. The van der Waals surface area contributed by atoms with E-state index in [1.807, 2.05) is 0 Å². The number of para-hydroxylation sites is 2. The standard InChI is InChI=1S/C56H38N2/c1-3-11-45-37-47(23-21-39(45)9-1)43-19-17-41(18-20-43)42-25-29-49(30-26-42)57(50-31-27-44(28-32-50)48-24-22-40-10-2-4-12-46(40)38-48)51-33-35-52(36-34-51)58-55-15-7-5-13-53(55)54-14-6-8-16-56(54)58/h1-38H. The van der Waals surface area contributed by atoms with Gasteiger partial charge in [-0.3, -0.25) is 0 Å². The number of anilines is 3. The van der Waals surface area contributed by atoms with E-state index >= 15 is 0 Å². The van der Waals surface area contributed by atoms with Gasteiger partial charge in [0, 0.05) is 33.5 Å². The van der Waals surface area contributed by atoms with Gasteiger partial charge in [-0.05, 0) is 128 Å². The van der Waals surface area contributed by atoms with Crippen LogP contribution in [-0.4, -0.2) is 4.57 Å². The minimum atomic E-state index is 1.09. The monoisotopic (exact) mass is 738 g/mol. The number of hydrogen-bond donors (Lipinski definition) is 0. The Morgan fingerprint density at radius 2 is 0.586 bits per heavy atom. The van der Waals surface area contributed by atoms with Gasteiger partial charge in [0.15, 0.2) is 0 Å². The lowest BCUT2D eigenvalue weighted by Crippen LogP contribution is -2.10. The maximum absolute atomic E-state index is 2.37. The largest absolute Gasteiger partial charge is 0.311 e.